The average molecular weight is 503 g/mol. The summed E-state index contributed by atoms with van der Waals surface area (Å²) in [4.78, 5) is 0. The molecule has 2 aliphatic heterocycles. The first-order chi connectivity index (χ1) is 17.3. The second kappa shape index (κ2) is 9.15. The number of nitrogens with zero attached hydrogens (tertiary/aromatic N) is 1. The van der Waals surface area contributed by atoms with Crippen molar-refractivity contribution in [3.63, 3.8) is 0 Å². The third-order valence-electron chi connectivity index (χ3n) is 9.20. The van der Waals surface area contributed by atoms with E-state index >= 15 is 0 Å². The first kappa shape index (κ1) is 26.8. The predicted octanol–water partition coefficient (Wildman–Crippen LogP) is 5.97. The van der Waals surface area contributed by atoms with Crippen LogP contribution >= 0.6 is 0 Å². The number of unbranched alkanes of at least 4 members (excludes halogenated alkanes) is 3. The van der Waals surface area contributed by atoms with Gasteiger partial charge in [-0.15, -0.1) is 0 Å². The molecule has 3 heterocycles. The van der Waals surface area contributed by atoms with Gasteiger partial charge < -0.3 is 23.2 Å². The minimum Gasteiger partial charge on any atom is -0.399 e. The van der Waals surface area contributed by atoms with Crippen LogP contribution in [-0.2, 0) is 25.2 Å². The number of aromatic nitrogens is 1. The van der Waals surface area contributed by atoms with Crippen LogP contribution in [0.5, 0.6) is 0 Å². The molecular formula is C30H43B2NO4. The Kier molecular flexibility index (Phi) is 6.63. The van der Waals surface area contributed by atoms with E-state index in [0.717, 1.165) is 17.5 Å². The molecule has 0 unspecified atom stereocenters. The first-order valence-electron chi connectivity index (χ1n) is 14.0. The summed E-state index contributed by atoms with van der Waals surface area (Å²) in [5.74, 6) is 0. The maximum atomic E-state index is 6.39. The Hall–Kier alpha value is -1.79. The lowest BCUT2D eigenvalue weighted by molar-refractivity contribution is 0.00578. The summed E-state index contributed by atoms with van der Waals surface area (Å²) in [6, 6.07) is 13.3. The third-order valence-corrected chi connectivity index (χ3v) is 9.20. The van der Waals surface area contributed by atoms with Crippen LogP contribution < -0.4 is 10.9 Å². The van der Waals surface area contributed by atoms with Crippen LogP contribution in [0.2, 0.25) is 0 Å². The molecule has 1 aromatic heterocycles. The quantitative estimate of drug-likeness (QED) is 0.294. The summed E-state index contributed by atoms with van der Waals surface area (Å²) in [7, 11) is -0.771. The van der Waals surface area contributed by atoms with Crippen LogP contribution in [0.1, 0.15) is 88.0 Å². The molecule has 0 bridgehead atoms. The van der Waals surface area contributed by atoms with Crippen molar-refractivity contribution in [3.05, 3.63) is 36.4 Å². The van der Waals surface area contributed by atoms with Crippen molar-refractivity contribution in [1.29, 1.82) is 0 Å². The molecule has 198 valence electrons. The fourth-order valence-electron chi connectivity index (χ4n) is 5.33. The van der Waals surface area contributed by atoms with Crippen molar-refractivity contribution in [2.24, 2.45) is 0 Å². The van der Waals surface area contributed by atoms with Crippen molar-refractivity contribution in [3.8, 4) is 0 Å². The minimum atomic E-state index is -0.386. The lowest BCUT2D eigenvalue weighted by Crippen LogP contribution is -2.41. The van der Waals surface area contributed by atoms with Crippen LogP contribution in [0.4, 0.5) is 0 Å². The van der Waals surface area contributed by atoms with Crippen molar-refractivity contribution in [2.75, 3.05) is 0 Å². The van der Waals surface area contributed by atoms with Gasteiger partial charge in [-0.1, -0.05) is 50.5 Å². The number of hydrogen-bond acceptors (Lipinski definition) is 4. The predicted molar refractivity (Wildman–Crippen MR) is 155 cm³/mol. The van der Waals surface area contributed by atoms with E-state index in [0.29, 0.717) is 0 Å². The number of aryl methyl sites for hydroxylation is 1. The third kappa shape index (κ3) is 4.56. The normalized spacial score (nSPS) is 22.0. The van der Waals surface area contributed by atoms with Crippen LogP contribution in [-0.4, -0.2) is 41.2 Å². The summed E-state index contributed by atoms with van der Waals surface area (Å²) in [6.45, 7) is 20.1. The molecule has 0 aliphatic carbocycles. The second-order valence-corrected chi connectivity index (χ2v) is 12.9. The average Bonchev–Trinajstić information content (AvgIpc) is 3.33. The minimum absolute atomic E-state index is 0.371. The van der Waals surface area contributed by atoms with Gasteiger partial charge in [0.05, 0.1) is 22.4 Å². The topological polar surface area (TPSA) is 41.9 Å². The molecule has 2 aliphatic rings. The van der Waals surface area contributed by atoms with E-state index in [1.54, 1.807) is 0 Å². The Balaban J connectivity index is 1.58. The smallest absolute Gasteiger partial charge is 0.399 e. The highest BCUT2D eigenvalue weighted by atomic mass is 16.7. The van der Waals surface area contributed by atoms with E-state index in [-0.39, 0.29) is 36.6 Å². The molecule has 5 rings (SSSR count). The lowest BCUT2D eigenvalue weighted by atomic mass is 9.77. The highest BCUT2D eigenvalue weighted by molar-refractivity contribution is 6.63. The van der Waals surface area contributed by atoms with E-state index in [1.807, 2.05) is 0 Å². The molecule has 0 atom stereocenters. The van der Waals surface area contributed by atoms with Crippen molar-refractivity contribution < 1.29 is 18.6 Å². The summed E-state index contributed by atoms with van der Waals surface area (Å²) in [5.41, 5.74) is 3.12. The van der Waals surface area contributed by atoms with Crippen LogP contribution in [0.25, 0.3) is 21.8 Å². The monoisotopic (exact) mass is 503 g/mol. The molecule has 2 aromatic carbocycles. The molecule has 0 N–H and O–H groups in total. The fraction of sp³-hybridized carbons (Fsp3) is 0.600. The van der Waals surface area contributed by atoms with Gasteiger partial charge in [-0.25, -0.2) is 0 Å². The second-order valence-electron chi connectivity index (χ2n) is 12.9. The molecule has 0 amide bonds. The molecular weight excluding hydrogens is 460 g/mol. The highest BCUT2D eigenvalue weighted by Crippen LogP contribution is 2.38. The maximum Gasteiger partial charge on any atom is 0.494 e. The van der Waals surface area contributed by atoms with Crippen LogP contribution in [0.15, 0.2) is 36.4 Å². The molecule has 7 heteroatoms. The van der Waals surface area contributed by atoms with E-state index in [2.05, 4.69) is 103 Å². The van der Waals surface area contributed by atoms with Gasteiger partial charge in [-0.3, -0.25) is 0 Å². The fourth-order valence-corrected chi connectivity index (χ4v) is 5.33. The standard InChI is InChI=1S/C30H43B2NO4/c1-10-11-12-13-18-33-25-16-14-21(31-34-27(2,3)28(4,5)35-31)19-23(25)24-20-22(15-17-26(24)33)32-36-29(6,7)30(8,9)37-32/h14-17,19-20H,10-13,18H2,1-9H3. The van der Waals surface area contributed by atoms with Crippen LogP contribution in [0, 0.1) is 0 Å². The molecule has 5 nitrogen and oxygen atoms in total. The first-order valence-corrected chi connectivity index (χ1v) is 14.0. The maximum absolute atomic E-state index is 6.39. The van der Waals surface area contributed by atoms with Gasteiger partial charge >= 0.3 is 14.2 Å². The Morgan fingerprint density at radius 2 is 1.00 bits per heavy atom. The van der Waals surface area contributed by atoms with E-state index in [1.165, 1.54) is 47.5 Å². The van der Waals surface area contributed by atoms with Gasteiger partial charge in [0.1, 0.15) is 0 Å². The van der Waals surface area contributed by atoms with E-state index in [4.69, 9.17) is 18.6 Å². The van der Waals surface area contributed by atoms with Gasteiger partial charge in [0.15, 0.2) is 0 Å². The highest BCUT2D eigenvalue weighted by Gasteiger charge is 2.52. The van der Waals surface area contributed by atoms with Gasteiger partial charge in [0.2, 0.25) is 0 Å². The molecule has 2 fully saturated rings. The van der Waals surface area contributed by atoms with Crippen LogP contribution in [0.3, 0.4) is 0 Å². The van der Waals surface area contributed by atoms with E-state index in [9.17, 15) is 0 Å². The number of rotatable bonds is 7. The van der Waals surface area contributed by atoms with Gasteiger partial charge in [-0.05, 0) is 84.9 Å². The zero-order valence-electron chi connectivity index (χ0n) is 24.2. The number of hydrogen-bond donors (Lipinski definition) is 0. The van der Waals surface area contributed by atoms with Gasteiger partial charge in [-0.2, -0.15) is 0 Å². The van der Waals surface area contributed by atoms with Crippen molar-refractivity contribution in [1.82, 2.24) is 4.57 Å². The van der Waals surface area contributed by atoms with Crippen molar-refractivity contribution >= 4 is 47.0 Å². The van der Waals surface area contributed by atoms with E-state index < -0.39 is 0 Å². The molecule has 2 saturated heterocycles. The number of fused-ring (bicyclic) bond motifs is 3. The molecule has 0 radical (unpaired) electrons. The lowest BCUT2D eigenvalue weighted by Gasteiger charge is -2.32. The summed E-state index contributed by atoms with van der Waals surface area (Å²) in [6.07, 6.45) is 4.93. The molecule has 0 saturated carbocycles. The zero-order chi connectivity index (χ0) is 26.8. The SMILES string of the molecule is CCCCCCn1c2ccc(B3OC(C)(C)C(C)(C)O3)cc2c2cc(B3OC(C)(C)C(C)(C)O3)ccc21. The largest absolute Gasteiger partial charge is 0.494 e. The summed E-state index contributed by atoms with van der Waals surface area (Å²) in [5, 5.41) is 2.44. The molecule has 37 heavy (non-hydrogen) atoms. The summed E-state index contributed by atoms with van der Waals surface area (Å²) >= 11 is 0. The molecule has 3 aromatic rings. The van der Waals surface area contributed by atoms with Gasteiger partial charge in [0.25, 0.3) is 0 Å². The van der Waals surface area contributed by atoms with Crippen molar-refractivity contribution in [2.45, 2.75) is 117 Å². The Labute approximate surface area is 223 Å². The number of benzene rings is 2. The Bertz CT molecular complexity index is 1180. The Morgan fingerprint density at radius 1 is 0.595 bits per heavy atom. The summed E-state index contributed by atoms with van der Waals surface area (Å²) < 4.78 is 28.0. The Morgan fingerprint density at radius 3 is 1.38 bits per heavy atom. The zero-order valence-corrected chi connectivity index (χ0v) is 24.2. The van der Waals surface area contributed by atoms with Gasteiger partial charge in [0, 0.05) is 28.4 Å². The molecule has 0 spiro atoms.